The molecule has 1 heterocycles. The maximum absolute atomic E-state index is 13.5. The van der Waals surface area contributed by atoms with Crippen LogP contribution >= 0.6 is 0 Å². The zero-order chi connectivity index (χ0) is 11.0. The fraction of sp³-hybridized carbons (Fsp3) is 0.333. The van der Waals surface area contributed by atoms with E-state index in [1.165, 1.54) is 6.07 Å². The largest absolute Gasteiger partial charge is 0.504 e. The van der Waals surface area contributed by atoms with Crippen LogP contribution in [0.3, 0.4) is 0 Å². The third-order valence-corrected chi connectivity index (χ3v) is 2.19. The second-order valence-corrected chi connectivity index (χ2v) is 3.11. The predicted molar refractivity (Wildman–Crippen MR) is 48.2 cm³/mol. The van der Waals surface area contributed by atoms with E-state index in [1.807, 2.05) is 0 Å². The molecule has 1 unspecified atom stereocenters. The lowest BCUT2D eigenvalue weighted by molar-refractivity contribution is 0.170. The molecule has 4 N–H and O–H groups in total. The van der Waals surface area contributed by atoms with Gasteiger partial charge >= 0.3 is 0 Å². The number of aliphatic hydroxyl groups excluding tert-OH is 1. The highest BCUT2D eigenvalue weighted by molar-refractivity contribution is 5.53. The Balaban J connectivity index is 2.54. The molecule has 5 nitrogen and oxygen atoms in total. The molecule has 0 amide bonds. The third kappa shape index (κ3) is 1.47. The van der Waals surface area contributed by atoms with Gasteiger partial charge in [0.1, 0.15) is 0 Å². The van der Waals surface area contributed by atoms with E-state index in [0.717, 1.165) is 0 Å². The number of benzene rings is 1. The molecule has 1 aromatic rings. The van der Waals surface area contributed by atoms with Crippen LogP contribution in [0.4, 0.5) is 4.39 Å². The number of rotatable bonds is 2. The van der Waals surface area contributed by atoms with E-state index in [2.05, 4.69) is 0 Å². The summed E-state index contributed by atoms with van der Waals surface area (Å²) in [4.78, 5) is 0. The molecule has 0 spiro atoms. The van der Waals surface area contributed by atoms with Gasteiger partial charge in [0.25, 0.3) is 0 Å². The van der Waals surface area contributed by atoms with Crippen molar-refractivity contribution in [2.45, 2.75) is 6.10 Å². The van der Waals surface area contributed by atoms with Crippen LogP contribution in [0.15, 0.2) is 6.07 Å². The van der Waals surface area contributed by atoms with Gasteiger partial charge in [0.2, 0.25) is 18.4 Å². The summed E-state index contributed by atoms with van der Waals surface area (Å²) in [6.07, 6.45) is -1.13. The molecule has 1 aliphatic heterocycles. The first-order valence-electron chi connectivity index (χ1n) is 4.34. The first kappa shape index (κ1) is 10.0. The van der Waals surface area contributed by atoms with Gasteiger partial charge in [0, 0.05) is 12.1 Å². The molecule has 0 saturated heterocycles. The molecule has 82 valence electrons. The van der Waals surface area contributed by atoms with Crippen LogP contribution in [0.1, 0.15) is 11.7 Å². The topological polar surface area (TPSA) is 84.9 Å². The third-order valence-electron chi connectivity index (χ3n) is 2.19. The van der Waals surface area contributed by atoms with E-state index in [9.17, 15) is 14.6 Å². The molecule has 1 aliphatic rings. The average molecular weight is 215 g/mol. The molecule has 6 heteroatoms. The summed E-state index contributed by atoms with van der Waals surface area (Å²) < 4.78 is 23.2. The first-order valence-corrected chi connectivity index (χ1v) is 4.34. The maximum atomic E-state index is 13.5. The minimum Gasteiger partial charge on any atom is -0.504 e. The number of phenolic OH excluding ortho intramolecular Hbond substituents is 1. The van der Waals surface area contributed by atoms with Crippen molar-refractivity contribution in [1.29, 1.82) is 0 Å². The summed E-state index contributed by atoms with van der Waals surface area (Å²) in [5, 5.41) is 18.9. The van der Waals surface area contributed by atoms with Crippen molar-refractivity contribution >= 4 is 0 Å². The van der Waals surface area contributed by atoms with Crippen molar-refractivity contribution in [2.24, 2.45) is 5.73 Å². The maximum Gasteiger partial charge on any atom is 0.231 e. The molecular weight excluding hydrogens is 205 g/mol. The van der Waals surface area contributed by atoms with E-state index in [4.69, 9.17) is 15.2 Å². The van der Waals surface area contributed by atoms with E-state index < -0.39 is 17.7 Å². The predicted octanol–water partition coefficient (Wildman–Crippen LogP) is 0.252. The van der Waals surface area contributed by atoms with Crippen LogP contribution in [-0.4, -0.2) is 23.6 Å². The van der Waals surface area contributed by atoms with Gasteiger partial charge in [-0.15, -0.1) is 0 Å². The Bertz CT molecular complexity index is 396. The SMILES string of the molecule is NCC(O)c1cc2c(c(F)c1O)OCO2. The minimum absolute atomic E-state index is 0.000694. The molecule has 15 heavy (non-hydrogen) atoms. The van der Waals surface area contributed by atoms with E-state index >= 15 is 0 Å². The van der Waals surface area contributed by atoms with Gasteiger partial charge in [-0.05, 0) is 6.07 Å². The Morgan fingerprint density at radius 3 is 2.93 bits per heavy atom. The molecule has 0 fully saturated rings. The van der Waals surface area contributed by atoms with Gasteiger partial charge in [0.15, 0.2) is 11.5 Å². The Morgan fingerprint density at radius 2 is 2.27 bits per heavy atom. The van der Waals surface area contributed by atoms with Crippen molar-refractivity contribution in [3.8, 4) is 17.2 Å². The summed E-state index contributed by atoms with van der Waals surface area (Å²) in [6, 6.07) is 1.32. The Kier molecular flexibility index (Phi) is 2.37. The number of aromatic hydroxyl groups is 1. The van der Waals surface area contributed by atoms with Crippen molar-refractivity contribution in [2.75, 3.05) is 13.3 Å². The van der Waals surface area contributed by atoms with Crippen molar-refractivity contribution < 1.29 is 24.1 Å². The highest BCUT2D eigenvalue weighted by Gasteiger charge is 2.26. The Morgan fingerprint density at radius 1 is 1.53 bits per heavy atom. The number of fused-ring (bicyclic) bond motifs is 1. The normalized spacial score (nSPS) is 15.4. The summed E-state index contributed by atoms with van der Waals surface area (Å²) >= 11 is 0. The lowest BCUT2D eigenvalue weighted by Gasteiger charge is -2.11. The standard InChI is InChI=1S/C9H10FNO4/c10-7-8(13)4(5(12)2-11)1-6-9(7)15-3-14-6/h1,5,12-13H,2-3,11H2. The zero-order valence-corrected chi connectivity index (χ0v) is 7.74. The molecule has 2 rings (SSSR count). The number of phenols is 1. The number of nitrogens with two attached hydrogens (primary N) is 1. The van der Waals surface area contributed by atoms with Crippen LogP contribution in [0.2, 0.25) is 0 Å². The molecule has 0 radical (unpaired) electrons. The number of aliphatic hydroxyl groups is 1. The van der Waals surface area contributed by atoms with E-state index in [1.54, 1.807) is 0 Å². The highest BCUT2D eigenvalue weighted by Crippen LogP contribution is 2.42. The lowest BCUT2D eigenvalue weighted by Crippen LogP contribution is -2.12. The summed E-state index contributed by atoms with van der Waals surface area (Å²) in [5.41, 5.74) is 5.21. The number of hydrogen-bond donors (Lipinski definition) is 3. The monoisotopic (exact) mass is 215 g/mol. The zero-order valence-electron chi connectivity index (χ0n) is 7.74. The summed E-state index contributed by atoms with van der Waals surface area (Å²) in [5.74, 6) is -1.57. The van der Waals surface area contributed by atoms with Gasteiger partial charge < -0.3 is 25.4 Å². The second kappa shape index (κ2) is 3.56. The van der Waals surface area contributed by atoms with E-state index in [0.29, 0.717) is 0 Å². The summed E-state index contributed by atoms with van der Waals surface area (Å²) in [6.45, 7) is -0.222. The number of halogens is 1. The summed E-state index contributed by atoms with van der Waals surface area (Å²) in [7, 11) is 0. The smallest absolute Gasteiger partial charge is 0.231 e. The second-order valence-electron chi connectivity index (χ2n) is 3.11. The van der Waals surface area contributed by atoms with Crippen molar-refractivity contribution in [3.05, 3.63) is 17.4 Å². The Labute approximate surface area is 84.8 Å². The van der Waals surface area contributed by atoms with Crippen LogP contribution in [0.25, 0.3) is 0 Å². The minimum atomic E-state index is -1.13. The van der Waals surface area contributed by atoms with Gasteiger partial charge in [-0.1, -0.05) is 0 Å². The van der Waals surface area contributed by atoms with Crippen molar-refractivity contribution in [1.82, 2.24) is 0 Å². The quantitative estimate of drug-likeness (QED) is 0.658. The van der Waals surface area contributed by atoms with Crippen LogP contribution in [0, 0.1) is 5.82 Å². The van der Waals surface area contributed by atoms with Crippen LogP contribution < -0.4 is 15.2 Å². The molecule has 0 saturated carbocycles. The fourth-order valence-electron chi connectivity index (χ4n) is 1.39. The molecule has 1 aromatic carbocycles. The van der Waals surface area contributed by atoms with Gasteiger partial charge in [-0.2, -0.15) is 4.39 Å². The average Bonchev–Trinajstić information content (AvgIpc) is 2.70. The first-order chi connectivity index (χ1) is 7.15. The molecule has 0 aliphatic carbocycles. The van der Waals surface area contributed by atoms with E-state index in [-0.39, 0.29) is 30.4 Å². The number of hydrogen-bond acceptors (Lipinski definition) is 5. The molecule has 0 aromatic heterocycles. The fourth-order valence-corrected chi connectivity index (χ4v) is 1.39. The lowest BCUT2D eigenvalue weighted by atomic mass is 10.1. The molecule has 1 atom stereocenters. The Hall–Kier alpha value is -1.53. The van der Waals surface area contributed by atoms with Crippen molar-refractivity contribution in [3.63, 3.8) is 0 Å². The number of ether oxygens (including phenoxy) is 2. The van der Waals surface area contributed by atoms with Gasteiger partial charge in [-0.25, -0.2) is 0 Å². The van der Waals surface area contributed by atoms with Crippen LogP contribution in [0.5, 0.6) is 17.2 Å². The van der Waals surface area contributed by atoms with Gasteiger partial charge in [0.05, 0.1) is 6.10 Å². The molecule has 0 bridgehead atoms. The van der Waals surface area contributed by atoms with Gasteiger partial charge in [-0.3, -0.25) is 0 Å². The molecular formula is C9H10FNO4. The van der Waals surface area contributed by atoms with Crippen LogP contribution in [-0.2, 0) is 0 Å². The highest BCUT2D eigenvalue weighted by atomic mass is 19.1.